The van der Waals surface area contributed by atoms with E-state index in [0.29, 0.717) is 11.4 Å². The molecule has 5 nitrogen and oxygen atoms in total. The molecule has 0 radical (unpaired) electrons. The second-order valence-electron chi connectivity index (χ2n) is 3.28. The molecule has 0 atom stereocenters. The number of nitrogens with one attached hydrogen (secondary N) is 1. The SMILES string of the molecule is Cc1cnn(-c2cc(C(=N)N)ccn2)c1. The zero-order valence-electron chi connectivity index (χ0n) is 8.31. The van der Waals surface area contributed by atoms with Crippen molar-refractivity contribution >= 4 is 5.84 Å². The number of hydrogen-bond donors (Lipinski definition) is 2. The van der Waals surface area contributed by atoms with E-state index in [1.165, 1.54) is 0 Å². The number of nitrogens with two attached hydrogens (primary N) is 1. The largest absolute Gasteiger partial charge is 0.384 e. The molecule has 0 saturated carbocycles. The van der Waals surface area contributed by atoms with Gasteiger partial charge in [-0.3, -0.25) is 5.41 Å². The average Bonchev–Trinajstić information content (AvgIpc) is 2.65. The van der Waals surface area contributed by atoms with Crippen molar-refractivity contribution in [3.63, 3.8) is 0 Å². The predicted molar refractivity (Wildman–Crippen MR) is 57.1 cm³/mol. The molecule has 2 aromatic heterocycles. The van der Waals surface area contributed by atoms with Crippen LogP contribution in [0.5, 0.6) is 0 Å². The number of aryl methyl sites for hydroxylation is 1. The third-order valence-electron chi connectivity index (χ3n) is 2.00. The maximum atomic E-state index is 7.32. The fraction of sp³-hybridized carbons (Fsp3) is 0.100. The van der Waals surface area contributed by atoms with Gasteiger partial charge in [0.1, 0.15) is 5.84 Å². The smallest absolute Gasteiger partial charge is 0.153 e. The minimum atomic E-state index is 0.0301. The highest BCUT2D eigenvalue weighted by atomic mass is 15.3. The number of nitrogen functional groups attached to an aromatic ring is 1. The maximum absolute atomic E-state index is 7.32. The van der Waals surface area contributed by atoms with Gasteiger partial charge in [-0.1, -0.05) is 0 Å². The predicted octanol–water partition coefficient (Wildman–Crippen LogP) is 0.860. The topological polar surface area (TPSA) is 80.6 Å². The first-order valence-electron chi connectivity index (χ1n) is 4.49. The Bertz CT molecular complexity index is 500. The third-order valence-corrected chi connectivity index (χ3v) is 2.00. The van der Waals surface area contributed by atoms with Crippen molar-refractivity contribution in [2.24, 2.45) is 5.73 Å². The first-order chi connectivity index (χ1) is 7.16. The summed E-state index contributed by atoms with van der Waals surface area (Å²) in [5, 5.41) is 11.4. The molecular formula is C10H11N5. The lowest BCUT2D eigenvalue weighted by Crippen LogP contribution is -2.12. The summed E-state index contributed by atoms with van der Waals surface area (Å²) in [4.78, 5) is 4.15. The fourth-order valence-electron chi connectivity index (χ4n) is 1.25. The van der Waals surface area contributed by atoms with Crippen LogP contribution in [0.3, 0.4) is 0 Å². The van der Waals surface area contributed by atoms with Gasteiger partial charge in [-0.2, -0.15) is 5.10 Å². The Morgan fingerprint density at radius 3 is 2.93 bits per heavy atom. The summed E-state index contributed by atoms with van der Waals surface area (Å²) in [6, 6.07) is 3.43. The van der Waals surface area contributed by atoms with Gasteiger partial charge in [0, 0.05) is 18.0 Å². The van der Waals surface area contributed by atoms with Crippen LogP contribution in [-0.2, 0) is 0 Å². The van der Waals surface area contributed by atoms with Crippen molar-refractivity contribution in [3.8, 4) is 5.82 Å². The van der Waals surface area contributed by atoms with Crippen LogP contribution in [0.15, 0.2) is 30.7 Å². The molecule has 0 saturated heterocycles. The van der Waals surface area contributed by atoms with E-state index >= 15 is 0 Å². The number of nitrogens with zero attached hydrogens (tertiary/aromatic N) is 3. The van der Waals surface area contributed by atoms with Crippen LogP contribution in [0, 0.1) is 12.3 Å². The van der Waals surface area contributed by atoms with Crippen molar-refractivity contribution < 1.29 is 0 Å². The molecule has 76 valence electrons. The lowest BCUT2D eigenvalue weighted by molar-refractivity contribution is 0.846. The minimum absolute atomic E-state index is 0.0301. The zero-order chi connectivity index (χ0) is 10.8. The van der Waals surface area contributed by atoms with E-state index in [4.69, 9.17) is 11.1 Å². The van der Waals surface area contributed by atoms with Gasteiger partial charge in [-0.15, -0.1) is 0 Å². The van der Waals surface area contributed by atoms with Crippen LogP contribution < -0.4 is 5.73 Å². The summed E-state index contributed by atoms with van der Waals surface area (Å²) < 4.78 is 1.65. The Morgan fingerprint density at radius 2 is 2.33 bits per heavy atom. The lowest BCUT2D eigenvalue weighted by atomic mass is 10.2. The summed E-state index contributed by atoms with van der Waals surface area (Å²) in [6.07, 6.45) is 5.23. The highest BCUT2D eigenvalue weighted by molar-refractivity contribution is 5.95. The number of amidine groups is 1. The zero-order valence-corrected chi connectivity index (χ0v) is 8.31. The quantitative estimate of drug-likeness (QED) is 0.558. The van der Waals surface area contributed by atoms with Gasteiger partial charge in [0.25, 0.3) is 0 Å². The van der Waals surface area contributed by atoms with E-state index < -0.39 is 0 Å². The molecule has 0 aromatic carbocycles. The molecule has 0 spiro atoms. The van der Waals surface area contributed by atoms with Crippen molar-refractivity contribution in [2.45, 2.75) is 6.92 Å². The van der Waals surface area contributed by atoms with Gasteiger partial charge >= 0.3 is 0 Å². The summed E-state index contributed by atoms with van der Waals surface area (Å²) in [5.41, 5.74) is 7.10. The summed E-state index contributed by atoms with van der Waals surface area (Å²) >= 11 is 0. The fourth-order valence-corrected chi connectivity index (χ4v) is 1.25. The van der Waals surface area contributed by atoms with E-state index in [0.717, 1.165) is 5.56 Å². The second-order valence-corrected chi connectivity index (χ2v) is 3.28. The van der Waals surface area contributed by atoms with Crippen LogP contribution in [0.25, 0.3) is 5.82 Å². The molecule has 0 amide bonds. The molecule has 5 heteroatoms. The van der Waals surface area contributed by atoms with Gasteiger partial charge in [0.2, 0.25) is 0 Å². The van der Waals surface area contributed by atoms with Crippen LogP contribution in [0.4, 0.5) is 0 Å². The molecule has 15 heavy (non-hydrogen) atoms. The summed E-state index contributed by atoms with van der Waals surface area (Å²) in [7, 11) is 0. The Kier molecular flexibility index (Phi) is 2.21. The Balaban J connectivity index is 2.45. The van der Waals surface area contributed by atoms with Crippen LogP contribution >= 0.6 is 0 Å². The van der Waals surface area contributed by atoms with Crippen LogP contribution in [-0.4, -0.2) is 20.6 Å². The molecule has 0 aliphatic heterocycles. The molecule has 0 fully saturated rings. The van der Waals surface area contributed by atoms with Gasteiger partial charge in [-0.05, 0) is 24.6 Å². The Hall–Kier alpha value is -2.17. The molecule has 0 aliphatic rings. The van der Waals surface area contributed by atoms with Crippen molar-refractivity contribution in [3.05, 3.63) is 41.9 Å². The normalized spacial score (nSPS) is 10.2. The molecule has 0 unspecified atom stereocenters. The standard InChI is InChI=1S/C10H11N5/c1-7-5-14-15(6-7)9-4-8(10(11)12)2-3-13-9/h2-6H,1H3,(H3,11,12). The Labute approximate surface area is 87.1 Å². The maximum Gasteiger partial charge on any atom is 0.153 e. The Morgan fingerprint density at radius 1 is 1.53 bits per heavy atom. The van der Waals surface area contributed by atoms with Crippen molar-refractivity contribution in [1.29, 1.82) is 5.41 Å². The molecule has 2 rings (SSSR count). The van der Waals surface area contributed by atoms with E-state index in [1.807, 2.05) is 13.1 Å². The van der Waals surface area contributed by atoms with Crippen LogP contribution in [0.1, 0.15) is 11.1 Å². The highest BCUT2D eigenvalue weighted by Gasteiger charge is 2.02. The number of rotatable bonds is 2. The number of hydrogen-bond acceptors (Lipinski definition) is 3. The van der Waals surface area contributed by atoms with E-state index in [9.17, 15) is 0 Å². The molecule has 0 aliphatic carbocycles. The number of pyridine rings is 1. The molecule has 2 aromatic rings. The van der Waals surface area contributed by atoms with E-state index in [1.54, 1.807) is 29.2 Å². The summed E-state index contributed by atoms with van der Waals surface area (Å²) in [6.45, 7) is 1.96. The van der Waals surface area contributed by atoms with Gasteiger partial charge in [0.15, 0.2) is 5.82 Å². The van der Waals surface area contributed by atoms with Gasteiger partial charge < -0.3 is 5.73 Å². The average molecular weight is 201 g/mol. The second kappa shape index (κ2) is 3.53. The third kappa shape index (κ3) is 1.85. The highest BCUT2D eigenvalue weighted by Crippen LogP contribution is 2.06. The molecule has 3 N–H and O–H groups in total. The number of aromatic nitrogens is 3. The lowest BCUT2D eigenvalue weighted by Gasteiger charge is -2.02. The van der Waals surface area contributed by atoms with Gasteiger partial charge in [0.05, 0.1) is 6.20 Å². The first-order valence-corrected chi connectivity index (χ1v) is 4.49. The van der Waals surface area contributed by atoms with E-state index in [-0.39, 0.29) is 5.84 Å². The summed E-state index contributed by atoms with van der Waals surface area (Å²) in [5.74, 6) is 0.693. The minimum Gasteiger partial charge on any atom is -0.384 e. The van der Waals surface area contributed by atoms with Gasteiger partial charge in [-0.25, -0.2) is 9.67 Å². The molecule has 0 bridgehead atoms. The van der Waals surface area contributed by atoms with E-state index in [2.05, 4.69) is 10.1 Å². The molecular weight excluding hydrogens is 190 g/mol. The first kappa shape index (κ1) is 9.39. The molecule has 2 heterocycles. The van der Waals surface area contributed by atoms with Crippen LogP contribution in [0.2, 0.25) is 0 Å². The monoisotopic (exact) mass is 201 g/mol. The van der Waals surface area contributed by atoms with Crippen molar-refractivity contribution in [2.75, 3.05) is 0 Å². The van der Waals surface area contributed by atoms with Crippen molar-refractivity contribution in [1.82, 2.24) is 14.8 Å².